The maximum atomic E-state index is 13.0. The number of nitrogens with one attached hydrogen (secondary N) is 1. The molecule has 2 aromatic rings. The summed E-state index contributed by atoms with van der Waals surface area (Å²) < 4.78 is 13.0. The Bertz CT molecular complexity index is 834. The number of pyridine rings is 1. The molecule has 1 unspecified atom stereocenters. The number of halogens is 1. The van der Waals surface area contributed by atoms with Crippen molar-refractivity contribution in [1.82, 2.24) is 9.88 Å². The van der Waals surface area contributed by atoms with Gasteiger partial charge in [0.2, 0.25) is 0 Å². The summed E-state index contributed by atoms with van der Waals surface area (Å²) >= 11 is 0. The Labute approximate surface area is 143 Å². The third-order valence-electron chi connectivity index (χ3n) is 4.61. The van der Waals surface area contributed by atoms with Crippen LogP contribution in [0.1, 0.15) is 22.5 Å². The summed E-state index contributed by atoms with van der Waals surface area (Å²) in [6.45, 7) is 0.639. The lowest BCUT2D eigenvalue weighted by Crippen LogP contribution is -2.36. The number of aromatic nitrogens is 1. The van der Waals surface area contributed by atoms with Gasteiger partial charge >= 0.3 is 0 Å². The number of hydrogen-bond donors (Lipinski definition) is 3. The fourth-order valence-electron chi connectivity index (χ4n) is 3.29. The molecule has 0 aliphatic carbocycles. The van der Waals surface area contributed by atoms with Crippen LogP contribution >= 0.6 is 0 Å². The second-order valence-corrected chi connectivity index (χ2v) is 6.55. The molecule has 0 bridgehead atoms. The third kappa shape index (κ3) is 3.71. The zero-order valence-electron chi connectivity index (χ0n) is 13.5. The summed E-state index contributed by atoms with van der Waals surface area (Å²) in [6.07, 6.45) is 1.11. The van der Waals surface area contributed by atoms with Crippen molar-refractivity contribution in [2.75, 3.05) is 19.7 Å². The zero-order valence-corrected chi connectivity index (χ0v) is 13.5. The van der Waals surface area contributed by atoms with E-state index in [1.54, 1.807) is 17.0 Å². The van der Waals surface area contributed by atoms with Crippen LogP contribution in [0.4, 0.5) is 4.39 Å². The summed E-state index contributed by atoms with van der Waals surface area (Å²) in [5.74, 6) is -0.994. The highest BCUT2D eigenvalue weighted by Crippen LogP contribution is 2.34. The van der Waals surface area contributed by atoms with Crippen molar-refractivity contribution in [1.29, 1.82) is 0 Å². The van der Waals surface area contributed by atoms with Crippen LogP contribution in [-0.4, -0.2) is 45.7 Å². The molecule has 3 rings (SSSR count). The molecule has 7 heteroatoms. The van der Waals surface area contributed by atoms with E-state index in [0.717, 1.165) is 11.6 Å². The second kappa shape index (κ2) is 6.68. The smallest absolute Gasteiger partial charge is 0.270 e. The van der Waals surface area contributed by atoms with Crippen molar-refractivity contribution in [3.05, 3.63) is 63.8 Å². The van der Waals surface area contributed by atoms with Crippen molar-refractivity contribution >= 4 is 5.91 Å². The minimum absolute atomic E-state index is 0.0144. The van der Waals surface area contributed by atoms with Gasteiger partial charge < -0.3 is 20.1 Å². The second-order valence-electron chi connectivity index (χ2n) is 6.55. The van der Waals surface area contributed by atoms with E-state index in [-0.39, 0.29) is 23.9 Å². The van der Waals surface area contributed by atoms with Crippen LogP contribution in [0.15, 0.2) is 41.2 Å². The average Bonchev–Trinajstić information content (AvgIpc) is 3.00. The number of aliphatic hydroxyl groups excluding tert-OH is 1. The van der Waals surface area contributed by atoms with E-state index in [1.807, 2.05) is 0 Å². The van der Waals surface area contributed by atoms with Gasteiger partial charge in [0, 0.05) is 30.6 Å². The van der Waals surface area contributed by atoms with Gasteiger partial charge in [-0.25, -0.2) is 4.39 Å². The monoisotopic (exact) mass is 346 g/mol. The van der Waals surface area contributed by atoms with E-state index in [2.05, 4.69) is 4.98 Å². The SMILES string of the molecule is O=C(c1cc(O)cc(=O)[nH]1)N1CCC(CO)(Cc2ccc(F)cc2)C1. The number of rotatable bonds is 4. The first-order valence-corrected chi connectivity index (χ1v) is 7.99. The van der Waals surface area contributed by atoms with Gasteiger partial charge in [-0.05, 0) is 30.5 Å². The Morgan fingerprint density at radius 3 is 2.64 bits per heavy atom. The molecule has 1 saturated heterocycles. The first kappa shape index (κ1) is 17.2. The summed E-state index contributed by atoms with van der Waals surface area (Å²) in [5, 5.41) is 19.4. The Hall–Kier alpha value is -2.67. The number of carbonyl (C=O) groups is 1. The lowest BCUT2D eigenvalue weighted by atomic mass is 9.81. The standard InChI is InChI=1S/C18H19FN2O4/c19-13-3-1-12(2-4-13)9-18(11-22)5-6-21(10-18)17(25)15-7-14(23)8-16(24)20-15/h1-4,7-8,22H,5-6,9-11H2,(H2,20,23,24). The number of benzene rings is 1. The third-order valence-corrected chi connectivity index (χ3v) is 4.61. The first-order chi connectivity index (χ1) is 11.9. The number of carbonyl (C=O) groups excluding carboxylic acids is 1. The van der Waals surface area contributed by atoms with Crippen LogP contribution in [0.5, 0.6) is 5.75 Å². The van der Waals surface area contributed by atoms with Gasteiger partial charge in [0.05, 0.1) is 6.61 Å². The molecule has 1 aromatic heterocycles. The van der Waals surface area contributed by atoms with Crippen molar-refractivity contribution in [3.8, 4) is 5.75 Å². The fourth-order valence-corrected chi connectivity index (χ4v) is 3.29. The summed E-state index contributed by atoms with van der Waals surface area (Å²) in [6, 6.07) is 8.29. The predicted molar refractivity (Wildman–Crippen MR) is 88.9 cm³/mol. The number of aromatic amines is 1. The van der Waals surface area contributed by atoms with E-state index in [4.69, 9.17) is 0 Å². The largest absolute Gasteiger partial charge is 0.508 e. The summed E-state index contributed by atoms with van der Waals surface area (Å²) in [7, 11) is 0. The van der Waals surface area contributed by atoms with Crippen LogP contribution in [0, 0.1) is 11.2 Å². The number of aromatic hydroxyl groups is 1. The van der Waals surface area contributed by atoms with Gasteiger partial charge in [0.1, 0.15) is 17.3 Å². The lowest BCUT2D eigenvalue weighted by molar-refractivity contribution is 0.0733. The van der Waals surface area contributed by atoms with Gasteiger partial charge in [0.15, 0.2) is 0 Å². The Morgan fingerprint density at radius 1 is 1.28 bits per heavy atom. The summed E-state index contributed by atoms with van der Waals surface area (Å²) in [4.78, 5) is 28.0. The maximum Gasteiger partial charge on any atom is 0.270 e. The number of amides is 1. The van der Waals surface area contributed by atoms with E-state index in [9.17, 15) is 24.2 Å². The quantitative estimate of drug-likeness (QED) is 0.778. The Balaban J connectivity index is 1.77. The van der Waals surface area contributed by atoms with Gasteiger partial charge in [-0.3, -0.25) is 9.59 Å². The van der Waals surface area contributed by atoms with E-state index in [1.165, 1.54) is 18.2 Å². The molecular weight excluding hydrogens is 327 g/mol. The zero-order chi connectivity index (χ0) is 18.0. The molecule has 3 N–H and O–H groups in total. The molecule has 1 atom stereocenters. The van der Waals surface area contributed by atoms with Crippen LogP contribution < -0.4 is 5.56 Å². The van der Waals surface area contributed by atoms with Gasteiger partial charge in [-0.15, -0.1) is 0 Å². The summed E-state index contributed by atoms with van der Waals surface area (Å²) in [5.41, 5.74) is -0.164. The fraction of sp³-hybridized carbons (Fsp3) is 0.333. The van der Waals surface area contributed by atoms with Crippen LogP contribution in [0.3, 0.4) is 0 Å². The highest BCUT2D eigenvalue weighted by Gasteiger charge is 2.40. The Kier molecular flexibility index (Phi) is 4.59. The molecule has 6 nitrogen and oxygen atoms in total. The highest BCUT2D eigenvalue weighted by atomic mass is 19.1. The first-order valence-electron chi connectivity index (χ1n) is 7.99. The van der Waals surface area contributed by atoms with Crippen molar-refractivity contribution < 1.29 is 19.4 Å². The predicted octanol–water partition coefficient (Wildman–Crippen LogP) is 1.29. The molecule has 132 valence electrons. The topological polar surface area (TPSA) is 93.6 Å². The van der Waals surface area contributed by atoms with E-state index >= 15 is 0 Å². The van der Waals surface area contributed by atoms with Gasteiger partial charge in [-0.2, -0.15) is 0 Å². The molecule has 0 saturated carbocycles. The average molecular weight is 346 g/mol. The molecular formula is C18H19FN2O4. The van der Waals surface area contributed by atoms with Crippen molar-refractivity contribution in [3.63, 3.8) is 0 Å². The molecule has 1 aromatic carbocycles. The number of likely N-dealkylation sites (tertiary alicyclic amines) is 1. The van der Waals surface area contributed by atoms with Crippen LogP contribution in [0.25, 0.3) is 0 Å². The molecule has 25 heavy (non-hydrogen) atoms. The number of nitrogens with zero attached hydrogens (tertiary/aromatic N) is 1. The van der Waals surface area contributed by atoms with E-state index < -0.39 is 16.9 Å². The molecule has 0 radical (unpaired) electrons. The minimum atomic E-state index is -0.553. The molecule has 1 amide bonds. The van der Waals surface area contributed by atoms with Crippen LogP contribution in [-0.2, 0) is 6.42 Å². The molecule has 2 heterocycles. The highest BCUT2D eigenvalue weighted by molar-refractivity contribution is 5.92. The van der Waals surface area contributed by atoms with Crippen LogP contribution in [0.2, 0.25) is 0 Å². The number of hydrogen-bond acceptors (Lipinski definition) is 4. The lowest BCUT2D eigenvalue weighted by Gasteiger charge is -2.27. The number of aliphatic hydroxyl groups is 1. The van der Waals surface area contributed by atoms with Gasteiger partial charge in [0.25, 0.3) is 11.5 Å². The van der Waals surface area contributed by atoms with Crippen molar-refractivity contribution in [2.24, 2.45) is 5.41 Å². The molecule has 1 fully saturated rings. The van der Waals surface area contributed by atoms with Gasteiger partial charge in [-0.1, -0.05) is 12.1 Å². The number of H-pyrrole nitrogens is 1. The molecule has 0 spiro atoms. The molecule has 1 aliphatic rings. The normalized spacial score (nSPS) is 20.0. The Morgan fingerprint density at radius 2 is 2.00 bits per heavy atom. The minimum Gasteiger partial charge on any atom is -0.508 e. The van der Waals surface area contributed by atoms with E-state index in [0.29, 0.717) is 25.9 Å². The molecule has 1 aliphatic heterocycles. The van der Waals surface area contributed by atoms with Crippen molar-refractivity contribution in [2.45, 2.75) is 12.8 Å². The maximum absolute atomic E-state index is 13.0.